The highest BCUT2D eigenvalue weighted by Gasteiger charge is 2.34. The fourth-order valence-electron chi connectivity index (χ4n) is 1.56. The number of nitrogens with two attached hydrogens (primary N) is 1. The van der Waals surface area contributed by atoms with E-state index in [9.17, 15) is 18.0 Å². The van der Waals surface area contributed by atoms with Crippen LogP contribution in [0.1, 0.15) is 36.2 Å². The van der Waals surface area contributed by atoms with Gasteiger partial charge in [0.1, 0.15) is 0 Å². The molecule has 4 nitrogen and oxygen atoms in total. The van der Waals surface area contributed by atoms with Crippen molar-refractivity contribution in [1.82, 2.24) is 5.32 Å². The van der Waals surface area contributed by atoms with Crippen molar-refractivity contribution in [2.75, 3.05) is 12.0 Å². The molecule has 0 fully saturated rings. The zero-order valence-electron chi connectivity index (χ0n) is 11.3. The highest BCUT2D eigenvalue weighted by Crippen LogP contribution is 2.35. The fraction of sp³-hybridized carbons (Fsp3) is 0.462. The summed E-state index contributed by atoms with van der Waals surface area (Å²) in [7, 11) is 0. The number of benzene rings is 1. The van der Waals surface area contributed by atoms with Gasteiger partial charge >= 0.3 is 6.18 Å². The molecule has 0 bridgehead atoms. The number of rotatable bonds is 5. The van der Waals surface area contributed by atoms with E-state index in [1.54, 1.807) is 0 Å². The van der Waals surface area contributed by atoms with Crippen LogP contribution in [-0.2, 0) is 6.18 Å². The third-order valence-corrected chi connectivity index (χ3v) is 3.05. The molecule has 0 saturated heterocycles. The van der Waals surface area contributed by atoms with Gasteiger partial charge in [-0.2, -0.15) is 13.2 Å². The minimum absolute atomic E-state index is 0.0420. The van der Waals surface area contributed by atoms with Gasteiger partial charge in [0.25, 0.3) is 5.91 Å². The molecule has 1 rings (SSSR count). The SMILES string of the molecule is CCC(C)CNC(=O)c1ccc(NN)c(C(F)(F)F)c1. The van der Waals surface area contributed by atoms with Crippen molar-refractivity contribution < 1.29 is 18.0 Å². The van der Waals surface area contributed by atoms with Crippen molar-refractivity contribution in [3.63, 3.8) is 0 Å². The fourth-order valence-corrected chi connectivity index (χ4v) is 1.56. The molecule has 20 heavy (non-hydrogen) atoms. The van der Waals surface area contributed by atoms with E-state index < -0.39 is 17.6 Å². The van der Waals surface area contributed by atoms with E-state index in [0.717, 1.165) is 18.6 Å². The quantitative estimate of drug-likeness (QED) is 0.577. The number of carbonyl (C=O) groups excluding carboxylic acids is 1. The Hall–Kier alpha value is -1.76. The van der Waals surface area contributed by atoms with Crippen LogP contribution in [0, 0.1) is 5.92 Å². The third-order valence-electron chi connectivity index (χ3n) is 3.05. The Labute approximate surface area is 115 Å². The molecule has 1 amide bonds. The van der Waals surface area contributed by atoms with E-state index in [1.807, 2.05) is 19.3 Å². The predicted octanol–water partition coefficient (Wildman–Crippen LogP) is 2.77. The molecule has 0 radical (unpaired) electrons. The van der Waals surface area contributed by atoms with Crippen LogP contribution in [0.25, 0.3) is 0 Å². The Bertz CT molecular complexity index is 474. The highest BCUT2D eigenvalue weighted by molar-refractivity contribution is 5.95. The number of amides is 1. The summed E-state index contributed by atoms with van der Waals surface area (Å²) < 4.78 is 38.5. The Morgan fingerprint density at radius 1 is 1.40 bits per heavy atom. The second-order valence-corrected chi connectivity index (χ2v) is 4.63. The van der Waals surface area contributed by atoms with Gasteiger partial charge < -0.3 is 10.7 Å². The molecular formula is C13H18F3N3O. The molecule has 0 aliphatic heterocycles. The molecule has 1 aromatic rings. The summed E-state index contributed by atoms with van der Waals surface area (Å²) in [4.78, 5) is 11.8. The topological polar surface area (TPSA) is 67.2 Å². The van der Waals surface area contributed by atoms with Crippen LogP contribution < -0.4 is 16.6 Å². The predicted molar refractivity (Wildman–Crippen MR) is 71.0 cm³/mol. The standard InChI is InChI=1S/C13H18F3N3O/c1-3-8(2)7-18-12(20)9-4-5-11(19-17)10(6-9)13(14,15)16/h4-6,8,19H,3,7,17H2,1-2H3,(H,18,20). The largest absolute Gasteiger partial charge is 0.418 e. The van der Waals surface area contributed by atoms with Gasteiger partial charge in [0.05, 0.1) is 11.3 Å². The summed E-state index contributed by atoms with van der Waals surface area (Å²) in [5.74, 6) is 4.78. The monoisotopic (exact) mass is 289 g/mol. The molecule has 0 aliphatic rings. The summed E-state index contributed by atoms with van der Waals surface area (Å²) in [5, 5.41) is 2.61. The molecule has 4 N–H and O–H groups in total. The summed E-state index contributed by atoms with van der Waals surface area (Å²) in [6, 6.07) is 3.23. The highest BCUT2D eigenvalue weighted by atomic mass is 19.4. The Kier molecular flexibility index (Phi) is 5.38. The van der Waals surface area contributed by atoms with Crippen LogP contribution in [0.5, 0.6) is 0 Å². The van der Waals surface area contributed by atoms with Gasteiger partial charge in [-0.1, -0.05) is 20.3 Å². The van der Waals surface area contributed by atoms with Gasteiger partial charge in [0.2, 0.25) is 0 Å². The smallest absolute Gasteiger partial charge is 0.352 e. The van der Waals surface area contributed by atoms with Crippen LogP contribution >= 0.6 is 0 Å². The molecule has 1 unspecified atom stereocenters. The Morgan fingerprint density at radius 2 is 2.05 bits per heavy atom. The van der Waals surface area contributed by atoms with E-state index in [2.05, 4.69) is 5.32 Å². The van der Waals surface area contributed by atoms with Crippen molar-refractivity contribution in [2.24, 2.45) is 11.8 Å². The number of halogens is 3. The summed E-state index contributed by atoms with van der Waals surface area (Å²) in [6.45, 7) is 4.34. The van der Waals surface area contributed by atoms with E-state index >= 15 is 0 Å². The minimum atomic E-state index is -4.57. The molecule has 1 atom stereocenters. The van der Waals surface area contributed by atoms with Gasteiger partial charge in [0, 0.05) is 12.1 Å². The third kappa shape index (κ3) is 4.12. The maximum absolute atomic E-state index is 12.8. The molecular weight excluding hydrogens is 271 g/mol. The van der Waals surface area contributed by atoms with Crippen molar-refractivity contribution in [2.45, 2.75) is 26.4 Å². The normalized spacial score (nSPS) is 12.9. The van der Waals surface area contributed by atoms with Crippen LogP contribution in [0.4, 0.5) is 18.9 Å². The average Bonchev–Trinajstić information content (AvgIpc) is 2.42. The molecule has 1 aromatic carbocycles. The summed E-state index contributed by atoms with van der Waals surface area (Å²) in [6.07, 6.45) is -3.70. The van der Waals surface area contributed by atoms with Gasteiger partial charge in [-0.3, -0.25) is 10.6 Å². The van der Waals surface area contributed by atoms with Gasteiger partial charge in [0.15, 0.2) is 0 Å². The van der Waals surface area contributed by atoms with E-state index in [0.29, 0.717) is 6.54 Å². The molecule has 112 valence electrons. The second-order valence-electron chi connectivity index (χ2n) is 4.63. The average molecular weight is 289 g/mol. The molecule has 0 spiro atoms. The number of nitrogen functional groups attached to an aromatic ring is 1. The molecule has 0 saturated carbocycles. The molecule has 7 heteroatoms. The zero-order valence-corrected chi connectivity index (χ0v) is 11.3. The van der Waals surface area contributed by atoms with E-state index in [4.69, 9.17) is 5.84 Å². The lowest BCUT2D eigenvalue weighted by Crippen LogP contribution is -2.28. The van der Waals surface area contributed by atoms with E-state index in [1.165, 1.54) is 6.07 Å². The number of carbonyl (C=O) groups is 1. The second kappa shape index (κ2) is 6.60. The number of hydrazine groups is 1. The van der Waals surface area contributed by atoms with Gasteiger partial charge in [-0.25, -0.2) is 0 Å². The summed E-state index contributed by atoms with van der Waals surface area (Å²) >= 11 is 0. The van der Waals surface area contributed by atoms with E-state index in [-0.39, 0.29) is 17.2 Å². The first kappa shape index (κ1) is 16.3. The maximum Gasteiger partial charge on any atom is 0.418 e. The first-order valence-electron chi connectivity index (χ1n) is 6.25. The lowest BCUT2D eigenvalue weighted by Gasteiger charge is -2.14. The first-order chi connectivity index (χ1) is 9.29. The Morgan fingerprint density at radius 3 is 2.55 bits per heavy atom. The minimum Gasteiger partial charge on any atom is -0.352 e. The van der Waals surface area contributed by atoms with Crippen molar-refractivity contribution in [3.8, 4) is 0 Å². The number of alkyl halides is 3. The van der Waals surface area contributed by atoms with Crippen molar-refractivity contribution in [1.29, 1.82) is 0 Å². The van der Waals surface area contributed by atoms with Crippen molar-refractivity contribution >= 4 is 11.6 Å². The van der Waals surface area contributed by atoms with Crippen LogP contribution in [0.3, 0.4) is 0 Å². The number of hydrogen-bond donors (Lipinski definition) is 3. The van der Waals surface area contributed by atoms with Gasteiger partial charge in [-0.05, 0) is 24.1 Å². The van der Waals surface area contributed by atoms with Crippen molar-refractivity contribution in [3.05, 3.63) is 29.3 Å². The Balaban J connectivity index is 2.94. The molecule has 0 heterocycles. The lowest BCUT2D eigenvalue weighted by molar-refractivity contribution is -0.137. The number of hydrogen-bond acceptors (Lipinski definition) is 3. The number of anilines is 1. The lowest BCUT2D eigenvalue weighted by atomic mass is 10.1. The van der Waals surface area contributed by atoms with Crippen LogP contribution in [0.15, 0.2) is 18.2 Å². The molecule has 0 aliphatic carbocycles. The molecule has 0 aromatic heterocycles. The van der Waals surface area contributed by atoms with Gasteiger partial charge in [-0.15, -0.1) is 0 Å². The summed E-state index contributed by atoms with van der Waals surface area (Å²) in [5.41, 5.74) is 0.704. The van der Waals surface area contributed by atoms with Crippen LogP contribution in [-0.4, -0.2) is 12.5 Å². The first-order valence-corrected chi connectivity index (χ1v) is 6.25. The zero-order chi connectivity index (χ0) is 15.3. The van der Waals surface area contributed by atoms with Crippen LogP contribution in [0.2, 0.25) is 0 Å². The maximum atomic E-state index is 12.8. The number of nitrogens with one attached hydrogen (secondary N) is 2.